The van der Waals surface area contributed by atoms with E-state index in [1.807, 2.05) is 18.2 Å². The van der Waals surface area contributed by atoms with Crippen molar-refractivity contribution in [2.75, 3.05) is 27.3 Å². The fraction of sp³-hybridized carbons (Fsp3) is 0.500. The van der Waals surface area contributed by atoms with E-state index in [-0.39, 0.29) is 5.97 Å². The van der Waals surface area contributed by atoms with Crippen LogP contribution in [0.1, 0.15) is 24.4 Å². The minimum atomic E-state index is -0.176. The number of methoxy groups -OCH3 is 2. The summed E-state index contributed by atoms with van der Waals surface area (Å²) in [5.41, 5.74) is 1.20. The summed E-state index contributed by atoms with van der Waals surface area (Å²) in [4.78, 5) is 13.5. The van der Waals surface area contributed by atoms with E-state index in [2.05, 4.69) is 11.0 Å². The highest BCUT2D eigenvalue weighted by atomic mass is 16.5. The standard InChI is InChI=1S/C14H19NO3/c1-17-12-6-3-5-11(9-12)13-7-4-8-15(13)10-14(16)18-2/h3,5-6,9,13H,4,7-8,10H2,1-2H3/t13-/m0/s1. The highest BCUT2D eigenvalue weighted by Crippen LogP contribution is 2.33. The molecular weight excluding hydrogens is 230 g/mol. The van der Waals surface area contributed by atoms with Crippen molar-refractivity contribution in [1.82, 2.24) is 4.90 Å². The van der Waals surface area contributed by atoms with Crippen molar-refractivity contribution in [2.24, 2.45) is 0 Å². The summed E-state index contributed by atoms with van der Waals surface area (Å²) in [6, 6.07) is 8.34. The topological polar surface area (TPSA) is 38.8 Å². The van der Waals surface area contributed by atoms with Gasteiger partial charge < -0.3 is 9.47 Å². The molecule has 1 saturated heterocycles. The molecule has 0 spiro atoms. The zero-order chi connectivity index (χ0) is 13.0. The molecule has 1 heterocycles. The number of carbonyl (C=O) groups is 1. The third kappa shape index (κ3) is 2.82. The maximum atomic E-state index is 11.4. The van der Waals surface area contributed by atoms with E-state index in [9.17, 15) is 4.79 Å². The molecule has 1 fully saturated rings. The number of ether oxygens (including phenoxy) is 2. The average Bonchev–Trinajstić information content (AvgIpc) is 2.86. The van der Waals surface area contributed by atoms with Gasteiger partial charge in [-0.05, 0) is 37.1 Å². The van der Waals surface area contributed by atoms with Crippen LogP contribution in [0.5, 0.6) is 5.75 Å². The van der Waals surface area contributed by atoms with Gasteiger partial charge in [0.15, 0.2) is 0 Å². The highest BCUT2D eigenvalue weighted by molar-refractivity contribution is 5.71. The molecule has 2 rings (SSSR count). The number of hydrogen-bond acceptors (Lipinski definition) is 4. The minimum Gasteiger partial charge on any atom is -0.497 e. The van der Waals surface area contributed by atoms with Crippen LogP contribution >= 0.6 is 0 Å². The summed E-state index contributed by atoms with van der Waals surface area (Å²) < 4.78 is 9.98. The van der Waals surface area contributed by atoms with E-state index in [0.29, 0.717) is 12.6 Å². The van der Waals surface area contributed by atoms with Crippen LogP contribution in [0.2, 0.25) is 0 Å². The molecule has 1 aromatic carbocycles. The van der Waals surface area contributed by atoms with Crippen LogP contribution in [0.25, 0.3) is 0 Å². The fourth-order valence-corrected chi connectivity index (χ4v) is 2.47. The fourth-order valence-electron chi connectivity index (χ4n) is 2.47. The number of nitrogens with zero attached hydrogens (tertiary/aromatic N) is 1. The van der Waals surface area contributed by atoms with E-state index in [4.69, 9.17) is 9.47 Å². The number of esters is 1. The SMILES string of the molecule is COC(=O)CN1CCC[C@H]1c1cccc(OC)c1. The Morgan fingerprint density at radius 3 is 3.00 bits per heavy atom. The second kappa shape index (κ2) is 5.87. The second-order valence-corrected chi connectivity index (χ2v) is 4.48. The minimum absolute atomic E-state index is 0.176. The third-order valence-electron chi connectivity index (χ3n) is 3.40. The van der Waals surface area contributed by atoms with Crippen LogP contribution < -0.4 is 4.74 Å². The molecule has 0 saturated carbocycles. The summed E-state index contributed by atoms with van der Waals surface area (Å²) in [5, 5.41) is 0. The van der Waals surface area contributed by atoms with Gasteiger partial charge in [-0.2, -0.15) is 0 Å². The lowest BCUT2D eigenvalue weighted by molar-refractivity contribution is -0.142. The molecule has 0 radical (unpaired) electrons. The van der Waals surface area contributed by atoms with Crippen molar-refractivity contribution in [2.45, 2.75) is 18.9 Å². The second-order valence-electron chi connectivity index (χ2n) is 4.48. The summed E-state index contributed by atoms with van der Waals surface area (Å²) >= 11 is 0. The van der Waals surface area contributed by atoms with Gasteiger partial charge in [-0.3, -0.25) is 9.69 Å². The van der Waals surface area contributed by atoms with Crippen LogP contribution in [0.3, 0.4) is 0 Å². The largest absolute Gasteiger partial charge is 0.497 e. The van der Waals surface area contributed by atoms with Crippen LogP contribution in [-0.2, 0) is 9.53 Å². The van der Waals surface area contributed by atoms with Crippen molar-refractivity contribution in [1.29, 1.82) is 0 Å². The summed E-state index contributed by atoms with van der Waals surface area (Å²) in [5.74, 6) is 0.683. The van der Waals surface area contributed by atoms with Gasteiger partial charge in [0.05, 0.1) is 20.8 Å². The Labute approximate surface area is 107 Å². The number of benzene rings is 1. The van der Waals surface area contributed by atoms with Gasteiger partial charge in [-0.25, -0.2) is 0 Å². The lowest BCUT2D eigenvalue weighted by atomic mass is 10.0. The molecular formula is C14H19NO3. The van der Waals surface area contributed by atoms with Crippen molar-refractivity contribution >= 4 is 5.97 Å². The predicted molar refractivity (Wildman–Crippen MR) is 68.6 cm³/mol. The Balaban J connectivity index is 2.12. The first-order valence-corrected chi connectivity index (χ1v) is 6.19. The maximum Gasteiger partial charge on any atom is 0.319 e. The first-order valence-electron chi connectivity index (χ1n) is 6.19. The molecule has 0 aromatic heterocycles. The monoisotopic (exact) mass is 249 g/mol. The van der Waals surface area contributed by atoms with E-state index in [1.54, 1.807) is 7.11 Å². The van der Waals surface area contributed by atoms with Crippen LogP contribution in [-0.4, -0.2) is 38.2 Å². The molecule has 0 amide bonds. The quantitative estimate of drug-likeness (QED) is 0.765. The lowest BCUT2D eigenvalue weighted by Crippen LogP contribution is -2.30. The van der Waals surface area contributed by atoms with Gasteiger partial charge in [0.25, 0.3) is 0 Å². The highest BCUT2D eigenvalue weighted by Gasteiger charge is 2.27. The smallest absolute Gasteiger partial charge is 0.319 e. The van der Waals surface area contributed by atoms with Gasteiger partial charge in [0.1, 0.15) is 5.75 Å². The number of carbonyl (C=O) groups excluding carboxylic acids is 1. The molecule has 0 N–H and O–H groups in total. The number of likely N-dealkylation sites (tertiary alicyclic amines) is 1. The number of rotatable bonds is 4. The first-order chi connectivity index (χ1) is 8.74. The van der Waals surface area contributed by atoms with E-state index >= 15 is 0 Å². The Morgan fingerprint density at radius 1 is 1.44 bits per heavy atom. The number of hydrogen-bond donors (Lipinski definition) is 0. The molecule has 98 valence electrons. The summed E-state index contributed by atoms with van der Waals surface area (Å²) in [7, 11) is 3.10. The van der Waals surface area contributed by atoms with Crippen molar-refractivity contribution in [3.8, 4) is 5.75 Å². The van der Waals surface area contributed by atoms with E-state index in [1.165, 1.54) is 12.7 Å². The predicted octanol–water partition coefficient (Wildman–Crippen LogP) is 2.01. The van der Waals surface area contributed by atoms with Gasteiger partial charge >= 0.3 is 5.97 Å². The summed E-state index contributed by atoms with van der Waals surface area (Å²) in [6.07, 6.45) is 2.18. The average molecular weight is 249 g/mol. The molecule has 1 aliphatic rings. The first kappa shape index (κ1) is 12.9. The Bertz CT molecular complexity index is 419. The Kier molecular flexibility index (Phi) is 4.20. The van der Waals surface area contributed by atoms with Crippen molar-refractivity contribution < 1.29 is 14.3 Å². The Hall–Kier alpha value is -1.55. The van der Waals surface area contributed by atoms with Crippen LogP contribution in [0.4, 0.5) is 0 Å². The van der Waals surface area contributed by atoms with E-state index in [0.717, 1.165) is 25.1 Å². The van der Waals surface area contributed by atoms with Gasteiger partial charge in [-0.15, -0.1) is 0 Å². The Morgan fingerprint density at radius 2 is 2.28 bits per heavy atom. The molecule has 0 aliphatic carbocycles. The molecule has 18 heavy (non-hydrogen) atoms. The zero-order valence-corrected chi connectivity index (χ0v) is 10.9. The molecule has 4 heteroatoms. The zero-order valence-electron chi connectivity index (χ0n) is 10.9. The molecule has 4 nitrogen and oxygen atoms in total. The normalized spacial score (nSPS) is 19.8. The molecule has 1 atom stereocenters. The van der Waals surface area contributed by atoms with Crippen LogP contribution in [0.15, 0.2) is 24.3 Å². The summed E-state index contributed by atoms with van der Waals surface area (Å²) in [6.45, 7) is 1.30. The molecule has 0 unspecified atom stereocenters. The van der Waals surface area contributed by atoms with Gasteiger partial charge in [0, 0.05) is 6.04 Å². The molecule has 1 aromatic rings. The van der Waals surface area contributed by atoms with Crippen LogP contribution in [0, 0.1) is 0 Å². The third-order valence-corrected chi connectivity index (χ3v) is 3.40. The van der Waals surface area contributed by atoms with Gasteiger partial charge in [0.2, 0.25) is 0 Å². The van der Waals surface area contributed by atoms with Crippen molar-refractivity contribution in [3.05, 3.63) is 29.8 Å². The maximum absolute atomic E-state index is 11.4. The van der Waals surface area contributed by atoms with E-state index < -0.39 is 0 Å². The van der Waals surface area contributed by atoms with Crippen molar-refractivity contribution in [3.63, 3.8) is 0 Å². The molecule has 1 aliphatic heterocycles. The molecule has 0 bridgehead atoms. The lowest BCUT2D eigenvalue weighted by Gasteiger charge is -2.23. The van der Waals surface area contributed by atoms with Gasteiger partial charge in [-0.1, -0.05) is 12.1 Å².